The molecule has 2 heterocycles. The Morgan fingerprint density at radius 2 is 1.68 bits per heavy atom. The number of piperazine rings is 1. The van der Waals surface area contributed by atoms with E-state index in [1.165, 1.54) is 4.90 Å². The maximum Gasteiger partial charge on any atom is 0.332 e. The molecule has 6 nitrogen and oxygen atoms in total. The van der Waals surface area contributed by atoms with E-state index < -0.39 is 40.7 Å². The molecule has 2 fully saturated rings. The van der Waals surface area contributed by atoms with Gasteiger partial charge in [0, 0.05) is 24.2 Å². The summed E-state index contributed by atoms with van der Waals surface area (Å²) in [6.45, 7) is 2.04. The van der Waals surface area contributed by atoms with Gasteiger partial charge in [0.15, 0.2) is 11.6 Å². The highest BCUT2D eigenvalue weighted by atomic mass is 19.1. The molecule has 0 radical (unpaired) electrons. The summed E-state index contributed by atoms with van der Waals surface area (Å²) in [7, 11) is 0. The van der Waals surface area contributed by atoms with E-state index >= 15 is 0 Å². The van der Waals surface area contributed by atoms with Crippen LogP contribution in [0.3, 0.4) is 0 Å². The van der Waals surface area contributed by atoms with Crippen LogP contribution < -0.4 is 10.2 Å². The summed E-state index contributed by atoms with van der Waals surface area (Å²) in [6, 6.07) is 9.98. The Labute approximate surface area is 177 Å². The first kappa shape index (κ1) is 20.5. The first-order valence-corrected chi connectivity index (χ1v) is 9.86. The van der Waals surface area contributed by atoms with Gasteiger partial charge in [-0.1, -0.05) is 37.0 Å². The molecule has 1 N–H and O–H groups in total. The van der Waals surface area contributed by atoms with Crippen LogP contribution >= 0.6 is 0 Å². The fourth-order valence-corrected chi connectivity index (χ4v) is 4.01. The van der Waals surface area contributed by atoms with Crippen LogP contribution in [-0.4, -0.2) is 41.4 Å². The third-order valence-electron chi connectivity index (χ3n) is 5.63. The number of benzene rings is 2. The lowest BCUT2D eigenvalue weighted by Gasteiger charge is -2.50. The standard InChI is InChI=1S/C23H19F2N3O3/c1-2-23-14-19(29)28(22(31)27(23)11-10-26-21(23)30)20-17(24)12-16(13-18(20)25)9-8-15-6-4-3-5-7-15/h3-7,12-13H,2,10-11,14H2,1H3,(H,26,30)/t23-/m1/s1. The predicted molar refractivity (Wildman–Crippen MR) is 109 cm³/mol. The van der Waals surface area contributed by atoms with Gasteiger partial charge in [-0.2, -0.15) is 0 Å². The van der Waals surface area contributed by atoms with Crippen molar-refractivity contribution in [3.63, 3.8) is 0 Å². The number of imide groups is 1. The molecule has 2 aliphatic rings. The van der Waals surface area contributed by atoms with Gasteiger partial charge in [-0.25, -0.2) is 18.5 Å². The van der Waals surface area contributed by atoms with Crippen LogP contribution in [0.1, 0.15) is 30.9 Å². The zero-order valence-electron chi connectivity index (χ0n) is 16.7. The Morgan fingerprint density at radius 3 is 2.32 bits per heavy atom. The maximum absolute atomic E-state index is 14.9. The number of fused-ring (bicyclic) bond motifs is 1. The van der Waals surface area contributed by atoms with Crippen molar-refractivity contribution in [2.45, 2.75) is 25.3 Å². The highest BCUT2D eigenvalue weighted by molar-refractivity contribution is 6.19. The van der Waals surface area contributed by atoms with Crippen LogP contribution in [-0.2, 0) is 9.59 Å². The van der Waals surface area contributed by atoms with Crippen molar-refractivity contribution >= 4 is 23.5 Å². The molecular weight excluding hydrogens is 404 g/mol. The first-order valence-electron chi connectivity index (χ1n) is 9.86. The molecule has 4 amide bonds. The number of anilines is 1. The summed E-state index contributed by atoms with van der Waals surface area (Å²) >= 11 is 0. The zero-order chi connectivity index (χ0) is 22.2. The van der Waals surface area contributed by atoms with Crippen molar-refractivity contribution in [3.8, 4) is 11.8 Å². The Morgan fingerprint density at radius 1 is 1.03 bits per heavy atom. The van der Waals surface area contributed by atoms with Crippen molar-refractivity contribution in [3.05, 3.63) is 65.2 Å². The molecule has 0 spiro atoms. The van der Waals surface area contributed by atoms with E-state index in [2.05, 4.69) is 17.2 Å². The average molecular weight is 423 g/mol. The summed E-state index contributed by atoms with van der Waals surface area (Å²) in [5.41, 5.74) is -1.35. The number of carbonyl (C=O) groups excluding carboxylic acids is 3. The molecular formula is C23H19F2N3O3. The van der Waals surface area contributed by atoms with E-state index in [0.717, 1.165) is 12.1 Å². The first-order chi connectivity index (χ1) is 14.9. The number of amides is 4. The van der Waals surface area contributed by atoms with E-state index in [1.807, 2.05) is 6.07 Å². The summed E-state index contributed by atoms with van der Waals surface area (Å²) in [4.78, 5) is 40.0. The van der Waals surface area contributed by atoms with Crippen molar-refractivity contribution in [1.29, 1.82) is 0 Å². The topological polar surface area (TPSA) is 69.7 Å². The molecule has 2 aliphatic heterocycles. The number of hydrogen-bond acceptors (Lipinski definition) is 3. The number of carbonyl (C=O) groups is 3. The lowest BCUT2D eigenvalue weighted by molar-refractivity contribution is -0.141. The average Bonchev–Trinajstić information content (AvgIpc) is 2.75. The molecule has 0 aromatic heterocycles. The summed E-state index contributed by atoms with van der Waals surface area (Å²) in [5.74, 6) is 2.06. The summed E-state index contributed by atoms with van der Waals surface area (Å²) in [5, 5.41) is 2.66. The van der Waals surface area contributed by atoms with E-state index in [0.29, 0.717) is 10.5 Å². The number of halogens is 2. The van der Waals surface area contributed by atoms with Gasteiger partial charge in [0.25, 0.3) is 0 Å². The second-order valence-corrected chi connectivity index (χ2v) is 7.39. The van der Waals surface area contributed by atoms with Gasteiger partial charge in [-0.05, 0) is 30.7 Å². The highest BCUT2D eigenvalue weighted by Gasteiger charge is 2.55. The fourth-order valence-electron chi connectivity index (χ4n) is 4.01. The smallest absolute Gasteiger partial charge is 0.332 e. The minimum atomic E-state index is -1.34. The number of urea groups is 1. The van der Waals surface area contributed by atoms with Crippen LogP contribution in [0.5, 0.6) is 0 Å². The third kappa shape index (κ3) is 3.42. The third-order valence-corrected chi connectivity index (χ3v) is 5.63. The number of nitrogens with one attached hydrogen (secondary N) is 1. The van der Waals surface area contributed by atoms with Crippen LogP contribution in [0.4, 0.5) is 19.3 Å². The molecule has 0 aliphatic carbocycles. The number of rotatable bonds is 2. The van der Waals surface area contributed by atoms with Crippen LogP contribution in [0, 0.1) is 23.5 Å². The van der Waals surface area contributed by atoms with Gasteiger partial charge in [0.2, 0.25) is 11.8 Å². The van der Waals surface area contributed by atoms with Gasteiger partial charge in [-0.3, -0.25) is 9.59 Å². The Kier molecular flexibility index (Phi) is 5.19. The summed E-state index contributed by atoms with van der Waals surface area (Å²) < 4.78 is 29.8. The van der Waals surface area contributed by atoms with Gasteiger partial charge < -0.3 is 10.2 Å². The normalized spacial score (nSPS) is 20.7. The molecule has 0 unspecified atom stereocenters. The SMILES string of the molecule is CC[C@]12CC(=O)N(c3c(F)cc(C#Cc4ccccc4)cc3F)C(=O)N1CCNC2=O. The van der Waals surface area contributed by atoms with E-state index in [9.17, 15) is 23.2 Å². The Balaban J connectivity index is 1.70. The quantitative estimate of drug-likeness (QED) is 0.756. The Bertz CT molecular complexity index is 1120. The second-order valence-electron chi connectivity index (χ2n) is 7.39. The molecule has 0 saturated carbocycles. The molecule has 0 bridgehead atoms. The number of hydrogen-bond donors (Lipinski definition) is 1. The molecule has 8 heteroatoms. The molecule has 2 saturated heterocycles. The van der Waals surface area contributed by atoms with Crippen LogP contribution in [0.25, 0.3) is 0 Å². The van der Waals surface area contributed by atoms with Crippen molar-refractivity contribution in [1.82, 2.24) is 10.2 Å². The van der Waals surface area contributed by atoms with Crippen molar-refractivity contribution in [2.75, 3.05) is 18.0 Å². The van der Waals surface area contributed by atoms with Crippen molar-refractivity contribution < 1.29 is 23.2 Å². The lowest BCUT2D eigenvalue weighted by atomic mass is 9.84. The zero-order valence-corrected chi connectivity index (χ0v) is 16.7. The molecule has 158 valence electrons. The Hall–Kier alpha value is -3.73. The van der Waals surface area contributed by atoms with Gasteiger partial charge in [0.05, 0.1) is 6.42 Å². The van der Waals surface area contributed by atoms with E-state index in [4.69, 9.17) is 0 Å². The number of nitrogens with zero attached hydrogens (tertiary/aromatic N) is 2. The molecule has 2 aromatic carbocycles. The van der Waals surface area contributed by atoms with Gasteiger partial charge >= 0.3 is 6.03 Å². The minimum absolute atomic E-state index is 0.0692. The summed E-state index contributed by atoms with van der Waals surface area (Å²) in [6.07, 6.45) is -0.140. The van der Waals surface area contributed by atoms with Crippen molar-refractivity contribution in [2.24, 2.45) is 0 Å². The van der Waals surface area contributed by atoms with Crippen LogP contribution in [0.15, 0.2) is 42.5 Å². The maximum atomic E-state index is 14.9. The predicted octanol–water partition coefficient (Wildman–Crippen LogP) is 2.80. The largest absolute Gasteiger partial charge is 0.352 e. The van der Waals surface area contributed by atoms with Crippen LogP contribution in [0.2, 0.25) is 0 Å². The fraction of sp³-hybridized carbons (Fsp3) is 0.261. The molecule has 1 atom stereocenters. The molecule has 2 aromatic rings. The molecule has 4 rings (SSSR count). The van der Waals surface area contributed by atoms with E-state index in [-0.39, 0.29) is 31.5 Å². The van der Waals surface area contributed by atoms with Gasteiger partial charge in [0.1, 0.15) is 11.2 Å². The van der Waals surface area contributed by atoms with E-state index in [1.54, 1.807) is 31.2 Å². The minimum Gasteiger partial charge on any atom is -0.352 e. The lowest BCUT2D eigenvalue weighted by Crippen LogP contribution is -2.73. The molecule has 31 heavy (non-hydrogen) atoms. The second kappa shape index (κ2) is 7.84. The highest BCUT2D eigenvalue weighted by Crippen LogP contribution is 2.37. The monoisotopic (exact) mass is 423 g/mol. The van der Waals surface area contributed by atoms with Gasteiger partial charge in [-0.15, -0.1) is 0 Å².